The third kappa shape index (κ3) is 2.86. The van der Waals surface area contributed by atoms with Crippen molar-refractivity contribution in [3.63, 3.8) is 0 Å². The Hall–Kier alpha value is -0.740. The first-order valence-corrected chi connectivity index (χ1v) is 7.04. The van der Waals surface area contributed by atoms with E-state index in [1.165, 1.54) is 17.5 Å². The first kappa shape index (κ1) is 10.8. The van der Waals surface area contributed by atoms with Gasteiger partial charge in [-0.25, -0.2) is 0 Å². The van der Waals surface area contributed by atoms with Crippen molar-refractivity contribution < 1.29 is 12.6 Å². The molecule has 5 heteroatoms. The van der Waals surface area contributed by atoms with Gasteiger partial charge in [0.1, 0.15) is 5.75 Å². The molecule has 82 valence electrons. The first-order chi connectivity index (χ1) is 7.04. The second-order valence-electron chi connectivity index (χ2n) is 3.61. The lowest BCUT2D eigenvalue weighted by Gasteiger charge is -2.15. The van der Waals surface area contributed by atoms with Crippen LogP contribution in [0.15, 0.2) is 18.2 Å². The summed E-state index contributed by atoms with van der Waals surface area (Å²) in [4.78, 5) is 0. The topological polar surface area (TPSA) is 43.4 Å². The standard InChI is InChI=1S/C10H11ClO3S/c11-15(12,13)14-10-6-5-8-3-1-2-4-9(8)7-10/h5-7H,1-4H2. The van der Waals surface area contributed by atoms with Crippen molar-refractivity contribution in [2.24, 2.45) is 0 Å². The Morgan fingerprint density at radius 1 is 1.13 bits per heavy atom. The maximum atomic E-state index is 10.7. The molecule has 0 N–H and O–H groups in total. The molecule has 0 unspecified atom stereocenters. The van der Waals surface area contributed by atoms with Gasteiger partial charge >= 0.3 is 9.33 Å². The van der Waals surface area contributed by atoms with Crippen molar-refractivity contribution in [1.29, 1.82) is 0 Å². The fourth-order valence-corrected chi connectivity index (χ4v) is 2.43. The summed E-state index contributed by atoms with van der Waals surface area (Å²) in [6.45, 7) is 0. The Labute approximate surface area is 93.6 Å². The quantitative estimate of drug-likeness (QED) is 0.753. The van der Waals surface area contributed by atoms with Gasteiger partial charge in [0.2, 0.25) is 0 Å². The van der Waals surface area contributed by atoms with E-state index in [1.807, 2.05) is 6.07 Å². The number of fused-ring (bicyclic) bond motifs is 1. The number of benzene rings is 1. The van der Waals surface area contributed by atoms with Crippen LogP contribution in [0.25, 0.3) is 0 Å². The van der Waals surface area contributed by atoms with E-state index in [9.17, 15) is 8.42 Å². The van der Waals surface area contributed by atoms with Gasteiger partial charge in [-0.2, -0.15) is 8.42 Å². The molecule has 0 bridgehead atoms. The van der Waals surface area contributed by atoms with E-state index in [0.29, 0.717) is 5.75 Å². The minimum absolute atomic E-state index is 0.297. The molecule has 0 saturated carbocycles. The lowest BCUT2D eigenvalue weighted by molar-refractivity contribution is 0.502. The number of hydrogen-bond donors (Lipinski definition) is 0. The third-order valence-electron chi connectivity index (χ3n) is 2.52. The van der Waals surface area contributed by atoms with E-state index in [-0.39, 0.29) is 0 Å². The summed E-state index contributed by atoms with van der Waals surface area (Å²) in [7, 11) is 1.07. The summed E-state index contributed by atoms with van der Waals surface area (Å²) in [5.74, 6) is 0.297. The van der Waals surface area contributed by atoms with E-state index in [1.54, 1.807) is 12.1 Å². The minimum atomic E-state index is -3.93. The number of hydrogen-bond acceptors (Lipinski definition) is 3. The molecule has 0 radical (unpaired) electrons. The fourth-order valence-electron chi connectivity index (χ4n) is 1.88. The zero-order valence-electron chi connectivity index (χ0n) is 8.07. The van der Waals surface area contributed by atoms with Crippen LogP contribution in [-0.4, -0.2) is 8.42 Å². The molecule has 1 aromatic rings. The molecule has 0 atom stereocenters. The molecule has 0 heterocycles. The van der Waals surface area contributed by atoms with Crippen LogP contribution in [0, 0.1) is 0 Å². The minimum Gasteiger partial charge on any atom is -0.371 e. The Bertz CT molecular complexity index is 468. The SMILES string of the molecule is O=S(=O)(Cl)Oc1ccc2c(c1)CCCC2. The fraction of sp³-hybridized carbons (Fsp3) is 0.400. The zero-order valence-corrected chi connectivity index (χ0v) is 9.64. The van der Waals surface area contributed by atoms with Gasteiger partial charge < -0.3 is 4.18 Å². The maximum Gasteiger partial charge on any atom is 0.401 e. The summed E-state index contributed by atoms with van der Waals surface area (Å²) < 4.78 is 26.0. The highest BCUT2D eigenvalue weighted by atomic mass is 35.7. The van der Waals surface area contributed by atoms with E-state index in [0.717, 1.165) is 19.3 Å². The van der Waals surface area contributed by atoms with Gasteiger partial charge in [-0.05, 0) is 48.9 Å². The summed E-state index contributed by atoms with van der Waals surface area (Å²) in [5.41, 5.74) is 2.44. The van der Waals surface area contributed by atoms with Gasteiger partial charge in [0, 0.05) is 0 Å². The summed E-state index contributed by atoms with van der Waals surface area (Å²) in [6, 6.07) is 5.31. The molecule has 0 saturated heterocycles. The van der Waals surface area contributed by atoms with Crippen molar-refractivity contribution in [3.8, 4) is 5.75 Å². The van der Waals surface area contributed by atoms with Crippen LogP contribution in [0.4, 0.5) is 0 Å². The van der Waals surface area contributed by atoms with Gasteiger partial charge in [0.25, 0.3) is 0 Å². The summed E-state index contributed by atoms with van der Waals surface area (Å²) in [5, 5.41) is 0. The molecule has 1 aliphatic rings. The van der Waals surface area contributed by atoms with Crippen LogP contribution in [-0.2, 0) is 22.2 Å². The van der Waals surface area contributed by atoms with Gasteiger partial charge in [0.05, 0.1) is 10.7 Å². The van der Waals surface area contributed by atoms with Gasteiger partial charge in [-0.1, -0.05) is 6.07 Å². The van der Waals surface area contributed by atoms with Gasteiger partial charge in [-0.3, -0.25) is 0 Å². The highest BCUT2D eigenvalue weighted by Gasteiger charge is 2.12. The van der Waals surface area contributed by atoms with Crippen molar-refractivity contribution in [2.45, 2.75) is 25.7 Å². The Morgan fingerprint density at radius 2 is 1.80 bits per heavy atom. The molecule has 0 amide bonds. The molecule has 2 rings (SSSR count). The number of rotatable bonds is 2. The Kier molecular flexibility index (Phi) is 2.89. The van der Waals surface area contributed by atoms with Crippen molar-refractivity contribution in [2.75, 3.05) is 0 Å². The highest BCUT2D eigenvalue weighted by molar-refractivity contribution is 8.10. The van der Waals surface area contributed by atoms with E-state index >= 15 is 0 Å². The molecule has 15 heavy (non-hydrogen) atoms. The molecule has 0 spiro atoms. The Balaban J connectivity index is 2.28. The number of aryl methyl sites for hydroxylation is 2. The van der Waals surface area contributed by atoms with E-state index in [4.69, 9.17) is 10.7 Å². The van der Waals surface area contributed by atoms with Crippen molar-refractivity contribution in [1.82, 2.24) is 0 Å². The molecule has 1 aliphatic carbocycles. The predicted octanol–water partition coefficient (Wildman–Crippen LogP) is 2.43. The summed E-state index contributed by atoms with van der Waals surface area (Å²) >= 11 is 0. The molecule has 1 aromatic carbocycles. The molecule has 0 fully saturated rings. The smallest absolute Gasteiger partial charge is 0.371 e. The molecular weight excluding hydrogens is 236 g/mol. The molecular formula is C10H11ClO3S. The van der Waals surface area contributed by atoms with Crippen LogP contribution < -0.4 is 4.18 Å². The average molecular weight is 247 g/mol. The summed E-state index contributed by atoms with van der Waals surface area (Å²) in [6.07, 6.45) is 4.38. The van der Waals surface area contributed by atoms with Crippen molar-refractivity contribution >= 4 is 20.0 Å². The molecule has 3 nitrogen and oxygen atoms in total. The number of halogens is 1. The highest BCUT2D eigenvalue weighted by Crippen LogP contribution is 2.26. The van der Waals surface area contributed by atoms with Crippen LogP contribution >= 0.6 is 10.7 Å². The average Bonchev–Trinajstić information content (AvgIpc) is 2.15. The van der Waals surface area contributed by atoms with E-state index in [2.05, 4.69) is 4.18 Å². The van der Waals surface area contributed by atoms with Crippen LogP contribution in [0.1, 0.15) is 24.0 Å². The maximum absolute atomic E-state index is 10.7. The second kappa shape index (κ2) is 4.02. The van der Waals surface area contributed by atoms with Crippen LogP contribution in [0.2, 0.25) is 0 Å². The predicted molar refractivity (Wildman–Crippen MR) is 58.5 cm³/mol. The largest absolute Gasteiger partial charge is 0.401 e. The first-order valence-electron chi connectivity index (χ1n) is 4.80. The van der Waals surface area contributed by atoms with Gasteiger partial charge in [-0.15, -0.1) is 0 Å². The molecule has 0 aromatic heterocycles. The lowest BCUT2D eigenvalue weighted by atomic mass is 9.92. The van der Waals surface area contributed by atoms with Crippen LogP contribution in [0.5, 0.6) is 5.75 Å². The normalized spacial score (nSPS) is 15.8. The Morgan fingerprint density at radius 3 is 2.47 bits per heavy atom. The molecule has 0 aliphatic heterocycles. The monoisotopic (exact) mass is 246 g/mol. The van der Waals surface area contributed by atoms with E-state index < -0.39 is 9.33 Å². The second-order valence-corrected chi connectivity index (χ2v) is 5.70. The van der Waals surface area contributed by atoms with Gasteiger partial charge in [0.15, 0.2) is 0 Å². The zero-order chi connectivity index (χ0) is 10.9. The van der Waals surface area contributed by atoms with Crippen molar-refractivity contribution in [3.05, 3.63) is 29.3 Å². The third-order valence-corrected chi connectivity index (χ3v) is 3.10. The lowest BCUT2D eigenvalue weighted by Crippen LogP contribution is -2.05. The van der Waals surface area contributed by atoms with Crippen LogP contribution in [0.3, 0.4) is 0 Å².